The number of ether oxygens (including phenoxy) is 1. The van der Waals surface area contributed by atoms with Crippen molar-refractivity contribution in [1.29, 1.82) is 0 Å². The van der Waals surface area contributed by atoms with Gasteiger partial charge in [-0.1, -0.05) is 32.4 Å². The van der Waals surface area contributed by atoms with Gasteiger partial charge < -0.3 is 10.1 Å². The molecule has 1 aromatic rings. The molecular formula is C15H20FNO3. The molecule has 4 nitrogen and oxygen atoms in total. The Morgan fingerprint density at radius 2 is 2.10 bits per heavy atom. The summed E-state index contributed by atoms with van der Waals surface area (Å²) in [6, 6.07) is 5.16. The molecule has 2 atom stereocenters. The van der Waals surface area contributed by atoms with Crippen LogP contribution in [0.5, 0.6) is 0 Å². The predicted octanol–water partition coefficient (Wildman–Crippen LogP) is 2.07. The lowest BCUT2D eigenvalue weighted by atomic mass is 9.99. The Hall–Kier alpha value is -1.91. The third-order valence-corrected chi connectivity index (χ3v) is 3.24. The summed E-state index contributed by atoms with van der Waals surface area (Å²) < 4.78 is 17.7. The highest BCUT2D eigenvalue weighted by atomic mass is 19.1. The van der Waals surface area contributed by atoms with Crippen LogP contribution in [0, 0.1) is 11.7 Å². The third-order valence-electron chi connectivity index (χ3n) is 3.24. The van der Waals surface area contributed by atoms with Gasteiger partial charge in [0.25, 0.3) is 0 Å². The first-order chi connectivity index (χ1) is 9.47. The highest BCUT2D eigenvalue weighted by Crippen LogP contribution is 2.10. The van der Waals surface area contributed by atoms with Crippen LogP contribution >= 0.6 is 0 Å². The Balaban J connectivity index is 2.69. The van der Waals surface area contributed by atoms with Crippen LogP contribution in [0.4, 0.5) is 4.39 Å². The van der Waals surface area contributed by atoms with Gasteiger partial charge in [-0.15, -0.1) is 0 Å². The zero-order chi connectivity index (χ0) is 15.1. The van der Waals surface area contributed by atoms with Gasteiger partial charge in [-0.2, -0.15) is 0 Å². The smallest absolute Gasteiger partial charge is 0.328 e. The number of amides is 1. The quantitative estimate of drug-likeness (QED) is 0.812. The highest BCUT2D eigenvalue weighted by molar-refractivity contribution is 5.85. The summed E-state index contributed by atoms with van der Waals surface area (Å²) in [5.74, 6) is -1.21. The Bertz CT molecular complexity index is 476. The van der Waals surface area contributed by atoms with E-state index < -0.39 is 12.0 Å². The number of hydrogen-bond donors (Lipinski definition) is 1. The number of methoxy groups -OCH3 is 1. The zero-order valence-electron chi connectivity index (χ0n) is 12.0. The minimum Gasteiger partial charge on any atom is -0.467 e. The molecule has 1 rings (SSSR count). The maximum Gasteiger partial charge on any atom is 0.328 e. The molecule has 0 aliphatic rings. The van der Waals surface area contributed by atoms with Crippen LogP contribution in [0.1, 0.15) is 25.8 Å². The number of benzene rings is 1. The predicted molar refractivity (Wildman–Crippen MR) is 73.5 cm³/mol. The summed E-state index contributed by atoms with van der Waals surface area (Å²) in [7, 11) is 1.29. The van der Waals surface area contributed by atoms with Crippen LogP contribution in [-0.2, 0) is 20.7 Å². The summed E-state index contributed by atoms with van der Waals surface area (Å²) in [4.78, 5) is 23.6. The number of rotatable bonds is 6. The largest absolute Gasteiger partial charge is 0.467 e. The van der Waals surface area contributed by atoms with Gasteiger partial charge in [-0.05, 0) is 23.6 Å². The monoisotopic (exact) mass is 281 g/mol. The van der Waals surface area contributed by atoms with Gasteiger partial charge >= 0.3 is 5.97 Å². The van der Waals surface area contributed by atoms with E-state index >= 15 is 0 Å². The van der Waals surface area contributed by atoms with Crippen molar-refractivity contribution in [2.24, 2.45) is 5.92 Å². The van der Waals surface area contributed by atoms with Crippen LogP contribution in [0.25, 0.3) is 0 Å². The Morgan fingerprint density at radius 1 is 1.40 bits per heavy atom. The lowest BCUT2D eigenvalue weighted by Crippen LogP contribution is -2.46. The lowest BCUT2D eigenvalue weighted by Gasteiger charge is -2.21. The van der Waals surface area contributed by atoms with Crippen LogP contribution < -0.4 is 5.32 Å². The van der Waals surface area contributed by atoms with E-state index in [1.165, 1.54) is 19.2 Å². The van der Waals surface area contributed by atoms with E-state index in [9.17, 15) is 14.0 Å². The average Bonchev–Trinajstić information content (AvgIpc) is 2.43. The molecule has 0 aliphatic carbocycles. The molecule has 0 heterocycles. The summed E-state index contributed by atoms with van der Waals surface area (Å²) in [6.07, 6.45) is 0.766. The molecule has 0 saturated heterocycles. The molecule has 1 N–H and O–H groups in total. The van der Waals surface area contributed by atoms with Crippen LogP contribution in [0.3, 0.4) is 0 Å². The summed E-state index contributed by atoms with van der Waals surface area (Å²) in [5, 5.41) is 2.65. The number of carbonyl (C=O) groups is 2. The minimum absolute atomic E-state index is 0.0288. The van der Waals surface area contributed by atoms with Crippen molar-refractivity contribution in [1.82, 2.24) is 5.32 Å². The number of hydrogen-bond acceptors (Lipinski definition) is 3. The molecule has 0 aromatic heterocycles. The second kappa shape index (κ2) is 7.62. The van der Waals surface area contributed by atoms with Crippen LogP contribution in [-0.4, -0.2) is 25.0 Å². The van der Waals surface area contributed by atoms with Crippen LogP contribution in [0.2, 0.25) is 0 Å². The first kappa shape index (κ1) is 16.1. The molecule has 0 unspecified atom stereocenters. The van der Waals surface area contributed by atoms with Crippen molar-refractivity contribution in [3.05, 3.63) is 35.6 Å². The number of halogens is 1. The van der Waals surface area contributed by atoms with Crippen molar-refractivity contribution in [3.8, 4) is 0 Å². The normalized spacial score (nSPS) is 13.4. The summed E-state index contributed by atoms with van der Waals surface area (Å²) in [5.41, 5.74) is 0.565. The standard InChI is InChI=1S/C15H20FNO3/c1-4-10(2)14(15(19)20-3)17-13(18)9-11-6-5-7-12(16)8-11/h5-8,10,14H,4,9H2,1-3H3,(H,17,18)/t10-,14+/m1/s1. The van der Waals surface area contributed by atoms with Crippen molar-refractivity contribution in [2.45, 2.75) is 32.7 Å². The van der Waals surface area contributed by atoms with Gasteiger partial charge in [-0.3, -0.25) is 4.79 Å². The molecule has 0 fully saturated rings. The van der Waals surface area contributed by atoms with Gasteiger partial charge in [0.05, 0.1) is 13.5 Å². The van der Waals surface area contributed by atoms with Gasteiger partial charge in [0.2, 0.25) is 5.91 Å². The number of nitrogens with one attached hydrogen (secondary N) is 1. The molecule has 0 spiro atoms. The van der Waals surface area contributed by atoms with Crippen molar-refractivity contribution >= 4 is 11.9 Å². The number of esters is 1. The van der Waals surface area contributed by atoms with E-state index in [1.54, 1.807) is 12.1 Å². The van der Waals surface area contributed by atoms with E-state index in [0.29, 0.717) is 5.56 Å². The van der Waals surface area contributed by atoms with Gasteiger partial charge in [0.15, 0.2) is 0 Å². The second-order valence-corrected chi connectivity index (χ2v) is 4.76. The second-order valence-electron chi connectivity index (χ2n) is 4.76. The maximum atomic E-state index is 13.0. The molecule has 1 aromatic carbocycles. The van der Waals surface area contributed by atoms with Crippen molar-refractivity contribution in [2.75, 3.05) is 7.11 Å². The molecule has 5 heteroatoms. The molecule has 1 amide bonds. The summed E-state index contributed by atoms with van der Waals surface area (Å²) in [6.45, 7) is 3.80. The van der Waals surface area contributed by atoms with Crippen LogP contribution in [0.15, 0.2) is 24.3 Å². The minimum atomic E-state index is -0.675. The molecule has 20 heavy (non-hydrogen) atoms. The molecule has 0 bridgehead atoms. The fraction of sp³-hybridized carbons (Fsp3) is 0.467. The highest BCUT2D eigenvalue weighted by Gasteiger charge is 2.26. The van der Waals surface area contributed by atoms with E-state index in [0.717, 1.165) is 6.42 Å². The lowest BCUT2D eigenvalue weighted by molar-refractivity contribution is -0.146. The van der Waals surface area contributed by atoms with E-state index in [4.69, 9.17) is 4.74 Å². The van der Waals surface area contributed by atoms with Gasteiger partial charge in [0, 0.05) is 0 Å². The Kier molecular flexibility index (Phi) is 6.15. The first-order valence-electron chi connectivity index (χ1n) is 6.59. The van der Waals surface area contributed by atoms with Gasteiger partial charge in [-0.25, -0.2) is 9.18 Å². The molecule has 0 saturated carbocycles. The molecule has 110 valence electrons. The van der Waals surface area contributed by atoms with Crippen molar-refractivity contribution < 1.29 is 18.7 Å². The molecule has 0 aliphatic heterocycles. The molecular weight excluding hydrogens is 261 g/mol. The fourth-order valence-corrected chi connectivity index (χ4v) is 1.85. The summed E-state index contributed by atoms with van der Waals surface area (Å²) >= 11 is 0. The van der Waals surface area contributed by atoms with E-state index in [2.05, 4.69) is 5.32 Å². The average molecular weight is 281 g/mol. The van der Waals surface area contributed by atoms with Gasteiger partial charge in [0.1, 0.15) is 11.9 Å². The number of carbonyl (C=O) groups excluding carboxylic acids is 2. The first-order valence-corrected chi connectivity index (χ1v) is 6.59. The topological polar surface area (TPSA) is 55.4 Å². The van der Waals surface area contributed by atoms with E-state index in [-0.39, 0.29) is 24.1 Å². The Morgan fingerprint density at radius 3 is 2.65 bits per heavy atom. The molecule has 0 radical (unpaired) electrons. The third kappa shape index (κ3) is 4.64. The Labute approximate surface area is 118 Å². The fourth-order valence-electron chi connectivity index (χ4n) is 1.85. The van der Waals surface area contributed by atoms with Crippen molar-refractivity contribution in [3.63, 3.8) is 0 Å². The van der Waals surface area contributed by atoms with E-state index in [1.807, 2.05) is 13.8 Å². The zero-order valence-corrected chi connectivity index (χ0v) is 12.0. The maximum absolute atomic E-state index is 13.0. The SMILES string of the molecule is CC[C@@H](C)[C@H](NC(=O)Cc1cccc(F)c1)C(=O)OC.